The second-order valence-electron chi connectivity index (χ2n) is 6.37. The van der Waals surface area contributed by atoms with Crippen molar-refractivity contribution in [3.05, 3.63) is 46.4 Å². The maximum atomic E-state index is 5.48. The van der Waals surface area contributed by atoms with E-state index >= 15 is 0 Å². The van der Waals surface area contributed by atoms with Gasteiger partial charge in [0.25, 0.3) is 0 Å². The molecule has 0 N–H and O–H groups in total. The molecule has 136 valence electrons. The molecule has 0 bridgehead atoms. The van der Waals surface area contributed by atoms with Crippen molar-refractivity contribution in [2.24, 2.45) is 0 Å². The Morgan fingerprint density at radius 1 is 1.31 bits per heavy atom. The van der Waals surface area contributed by atoms with Crippen molar-refractivity contribution < 1.29 is 4.74 Å². The SMILES string of the molecule is COc1ccc(Br)cc1-c1nc(CN2CCC(n3cncn3)CC2)cs1. The lowest BCUT2D eigenvalue weighted by atomic mass is 10.1. The fourth-order valence-corrected chi connectivity index (χ4v) is 4.52. The van der Waals surface area contributed by atoms with Gasteiger partial charge in [-0.25, -0.2) is 14.6 Å². The van der Waals surface area contributed by atoms with Gasteiger partial charge in [0.15, 0.2) is 0 Å². The molecule has 0 radical (unpaired) electrons. The maximum absolute atomic E-state index is 5.48. The summed E-state index contributed by atoms with van der Waals surface area (Å²) in [6.45, 7) is 2.99. The molecule has 4 rings (SSSR count). The van der Waals surface area contributed by atoms with Gasteiger partial charge in [-0.05, 0) is 31.0 Å². The van der Waals surface area contributed by atoms with Crippen LogP contribution in [0.1, 0.15) is 24.6 Å². The molecule has 1 aromatic carbocycles. The topological polar surface area (TPSA) is 56.1 Å². The maximum Gasteiger partial charge on any atom is 0.137 e. The fourth-order valence-electron chi connectivity index (χ4n) is 3.33. The van der Waals surface area contributed by atoms with Gasteiger partial charge in [0.1, 0.15) is 23.4 Å². The highest BCUT2D eigenvalue weighted by Crippen LogP contribution is 2.35. The Bertz CT molecular complexity index is 858. The molecule has 3 aromatic rings. The quantitative estimate of drug-likeness (QED) is 0.608. The van der Waals surface area contributed by atoms with E-state index in [0.29, 0.717) is 6.04 Å². The van der Waals surface area contributed by atoms with Crippen LogP contribution in [0.25, 0.3) is 10.6 Å². The number of nitrogens with zero attached hydrogens (tertiary/aromatic N) is 5. The number of benzene rings is 1. The van der Waals surface area contributed by atoms with Crippen LogP contribution >= 0.6 is 27.3 Å². The highest BCUT2D eigenvalue weighted by Gasteiger charge is 2.22. The molecule has 1 fully saturated rings. The van der Waals surface area contributed by atoms with Crippen LogP contribution in [0.5, 0.6) is 5.75 Å². The number of likely N-dealkylation sites (tertiary alicyclic amines) is 1. The molecule has 0 spiro atoms. The van der Waals surface area contributed by atoms with Crippen molar-refractivity contribution in [1.29, 1.82) is 0 Å². The Labute approximate surface area is 165 Å². The van der Waals surface area contributed by atoms with Gasteiger partial charge in [-0.15, -0.1) is 11.3 Å². The van der Waals surface area contributed by atoms with Crippen LogP contribution in [-0.2, 0) is 6.54 Å². The van der Waals surface area contributed by atoms with Gasteiger partial charge in [-0.3, -0.25) is 4.90 Å². The first-order chi connectivity index (χ1) is 12.7. The van der Waals surface area contributed by atoms with Crippen molar-refractivity contribution >= 4 is 27.3 Å². The number of aromatic nitrogens is 4. The van der Waals surface area contributed by atoms with Crippen molar-refractivity contribution in [2.75, 3.05) is 20.2 Å². The Hall–Kier alpha value is -1.77. The minimum atomic E-state index is 0.464. The van der Waals surface area contributed by atoms with Gasteiger partial charge < -0.3 is 4.74 Å². The van der Waals surface area contributed by atoms with Gasteiger partial charge in [0.05, 0.1) is 24.4 Å². The van der Waals surface area contributed by atoms with E-state index in [0.717, 1.165) is 59.0 Å². The predicted octanol–water partition coefficient (Wildman–Crippen LogP) is 4.01. The standard InChI is InChI=1S/C18H20BrN5OS/c1-25-17-3-2-13(19)8-16(17)18-22-14(10-26-18)9-23-6-4-15(5-7-23)24-12-20-11-21-24/h2-3,8,10-12,15H,4-7,9H2,1H3. The van der Waals surface area contributed by atoms with Crippen LogP contribution in [-0.4, -0.2) is 44.8 Å². The summed E-state index contributed by atoms with van der Waals surface area (Å²) in [5.41, 5.74) is 2.15. The number of thiazole rings is 1. The minimum Gasteiger partial charge on any atom is -0.496 e. The number of halogens is 1. The molecular weight excluding hydrogens is 414 g/mol. The summed E-state index contributed by atoms with van der Waals surface area (Å²) in [5, 5.41) is 7.42. The zero-order valence-electron chi connectivity index (χ0n) is 14.5. The van der Waals surface area contributed by atoms with Crippen LogP contribution in [0.3, 0.4) is 0 Å². The Morgan fingerprint density at radius 3 is 2.88 bits per heavy atom. The largest absolute Gasteiger partial charge is 0.496 e. The minimum absolute atomic E-state index is 0.464. The second kappa shape index (κ2) is 7.85. The summed E-state index contributed by atoms with van der Waals surface area (Å²) >= 11 is 5.20. The molecule has 26 heavy (non-hydrogen) atoms. The van der Waals surface area contributed by atoms with E-state index in [1.54, 1.807) is 24.8 Å². The molecule has 2 aromatic heterocycles. The zero-order valence-corrected chi connectivity index (χ0v) is 16.9. The first kappa shape index (κ1) is 17.6. The van der Waals surface area contributed by atoms with Gasteiger partial charge in [0, 0.05) is 29.5 Å². The van der Waals surface area contributed by atoms with Crippen molar-refractivity contribution in [3.63, 3.8) is 0 Å². The third kappa shape index (κ3) is 3.82. The molecule has 1 saturated heterocycles. The van der Waals surface area contributed by atoms with E-state index < -0.39 is 0 Å². The Morgan fingerprint density at radius 2 is 2.15 bits per heavy atom. The van der Waals surface area contributed by atoms with E-state index in [4.69, 9.17) is 9.72 Å². The Kier molecular flexibility index (Phi) is 5.33. The third-order valence-corrected chi connectivity index (χ3v) is 6.11. The molecule has 3 heterocycles. The molecule has 0 aliphatic carbocycles. The summed E-state index contributed by atoms with van der Waals surface area (Å²) in [5.74, 6) is 0.850. The molecule has 0 atom stereocenters. The lowest BCUT2D eigenvalue weighted by molar-refractivity contribution is 0.172. The number of hydrogen-bond donors (Lipinski definition) is 0. The predicted molar refractivity (Wildman–Crippen MR) is 105 cm³/mol. The van der Waals surface area contributed by atoms with Gasteiger partial charge in [-0.1, -0.05) is 15.9 Å². The van der Waals surface area contributed by atoms with Gasteiger partial charge in [0.2, 0.25) is 0 Å². The van der Waals surface area contributed by atoms with Crippen molar-refractivity contribution in [1.82, 2.24) is 24.6 Å². The van der Waals surface area contributed by atoms with E-state index in [9.17, 15) is 0 Å². The molecule has 8 heteroatoms. The lowest BCUT2D eigenvalue weighted by Crippen LogP contribution is -2.34. The van der Waals surface area contributed by atoms with E-state index in [2.05, 4.69) is 42.4 Å². The number of piperidine rings is 1. The highest BCUT2D eigenvalue weighted by atomic mass is 79.9. The third-order valence-electron chi connectivity index (χ3n) is 4.70. The first-order valence-electron chi connectivity index (χ1n) is 8.57. The molecule has 1 aliphatic rings. The molecule has 0 saturated carbocycles. The smallest absolute Gasteiger partial charge is 0.137 e. The van der Waals surface area contributed by atoms with E-state index in [-0.39, 0.29) is 0 Å². The summed E-state index contributed by atoms with van der Waals surface area (Å²) < 4.78 is 8.50. The number of hydrogen-bond acceptors (Lipinski definition) is 6. The van der Waals surface area contributed by atoms with E-state index in [1.807, 2.05) is 23.1 Å². The van der Waals surface area contributed by atoms with Crippen molar-refractivity contribution in [2.45, 2.75) is 25.4 Å². The van der Waals surface area contributed by atoms with Crippen LogP contribution in [0.2, 0.25) is 0 Å². The van der Waals surface area contributed by atoms with Gasteiger partial charge in [-0.2, -0.15) is 5.10 Å². The molecule has 0 amide bonds. The summed E-state index contributed by atoms with van der Waals surface area (Å²) in [7, 11) is 1.69. The zero-order chi connectivity index (χ0) is 17.9. The monoisotopic (exact) mass is 433 g/mol. The van der Waals surface area contributed by atoms with Crippen LogP contribution in [0, 0.1) is 0 Å². The fraction of sp³-hybridized carbons (Fsp3) is 0.389. The normalized spacial score (nSPS) is 16.1. The first-order valence-corrected chi connectivity index (χ1v) is 10.2. The molecular formula is C18H20BrN5OS. The molecule has 1 aliphatic heterocycles. The second-order valence-corrected chi connectivity index (χ2v) is 8.15. The lowest BCUT2D eigenvalue weighted by Gasteiger charge is -2.31. The average molecular weight is 434 g/mol. The number of methoxy groups -OCH3 is 1. The van der Waals surface area contributed by atoms with Gasteiger partial charge >= 0.3 is 0 Å². The summed E-state index contributed by atoms with van der Waals surface area (Å²) in [6, 6.07) is 6.47. The number of rotatable bonds is 5. The van der Waals surface area contributed by atoms with Crippen molar-refractivity contribution in [3.8, 4) is 16.3 Å². The van der Waals surface area contributed by atoms with Crippen LogP contribution in [0.4, 0.5) is 0 Å². The van der Waals surface area contributed by atoms with E-state index in [1.165, 1.54) is 0 Å². The molecule has 0 unspecified atom stereocenters. The molecule has 6 nitrogen and oxygen atoms in total. The summed E-state index contributed by atoms with van der Waals surface area (Å²) in [4.78, 5) is 11.4. The highest BCUT2D eigenvalue weighted by molar-refractivity contribution is 9.10. The Balaban J connectivity index is 1.41. The van der Waals surface area contributed by atoms with Crippen LogP contribution in [0.15, 0.2) is 40.7 Å². The van der Waals surface area contributed by atoms with Crippen LogP contribution < -0.4 is 4.74 Å². The summed E-state index contributed by atoms with van der Waals surface area (Å²) in [6.07, 6.45) is 5.62. The number of ether oxygens (including phenoxy) is 1. The average Bonchev–Trinajstić information content (AvgIpc) is 3.34.